The summed E-state index contributed by atoms with van der Waals surface area (Å²) in [5.41, 5.74) is 1.76. The number of ketones is 1. The normalized spacial score (nSPS) is 24.3. The number of hydrogen-bond donors (Lipinski definition) is 0. The van der Waals surface area contributed by atoms with Crippen LogP contribution in [0.5, 0.6) is 5.75 Å². The minimum absolute atomic E-state index is 0.0378. The SMILES string of the molecule is CC1CS(=O)(=O)CCN1CC(=O)c1ccc2c(c1)CCO2. The highest BCUT2D eigenvalue weighted by molar-refractivity contribution is 7.91. The van der Waals surface area contributed by atoms with Gasteiger partial charge in [0.25, 0.3) is 0 Å². The van der Waals surface area contributed by atoms with Crippen molar-refractivity contribution in [1.29, 1.82) is 0 Å². The third-order valence-corrected chi connectivity index (χ3v) is 5.96. The largest absolute Gasteiger partial charge is 0.493 e. The lowest BCUT2D eigenvalue weighted by Crippen LogP contribution is -2.48. The Morgan fingerprint density at radius 3 is 3.00 bits per heavy atom. The molecule has 0 bridgehead atoms. The van der Waals surface area contributed by atoms with Gasteiger partial charge in [0.2, 0.25) is 0 Å². The summed E-state index contributed by atoms with van der Waals surface area (Å²) in [6, 6.07) is 5.43. The van der Waals surface area contributed by atoms with Crippen LogP contribution in [0.15, 0.2) is 18.2 Å². The highest BCUT2D eigenvalue weighted by atomic mass is 32.2. The first-order valence-corrected chi connectivity index (χ1v) is 9.00. The number of sulfone groups is 1. The van der Waals surface area contributed by atoms with Gasteiger partial charge in [0.1, 0.15) is 5.75 Å². The lowest BCUT2D eigenvalue weighted by molar-refractivity contribution is 0.0908. The number of carbonyl (C=O) groups excluding carboxylic acids is 1. The van der Waals surface area contributed by atoms with E-state index in [1.165, 1.54) is 0 Å². The van der Waals surface area contributed by atoms with Crippen molar-refractivity contribution in [3.8, 4) is 5.75 Å². The molecule has 6 heteroatoms. The molecule has 0 amide bonds. The summed E-state index contributed by atoms with van der Waals surface area (Å²) in [4.78, 5) is 14.3. The number of rotatable bonds is 3. The van der Waals surface area contributed by atoms with Gasteiger partial charge in [-0.15, -0.1) is 0 Å². The number of benzene rings is 1. The van der Waals surface area contributed by atoms with Crippen molar-refractivity contribution in [2.45, 2.75) is 19.4 Å². The van der Waals surface area contributed by atoms with Crippen molar-refractivity contribution < 1.29 is 17.9 Å². The van der Waals surface area contributed by atoms with Crippen molar-refractivity contribution in [3.05, 3.63) is 29.3 Å². The molecule has 1 unspecified atom stereocenters. The van der Waals surface area contributed by atoms with Gasteiger partial charge in [-0.05, 0) is 30.7 Å². The molecule has 1 saturated heterocycles. The van der Waals surface area contributed by atoms with Gasteiger partial charge in [-0.1, -0.05) is 0 Å². The van der Waals surface area contributed by atoms with Gasteiger partial charge in [0.15, 0.2) is 15.6 Å². The Morgan fingerprint density at radius 1 is 1.43 bits per heavy atom. The van der Waals surface area contributed by atoms with Crippen molar-refractivity contribution >= 4 is 15.6 Å². The van der Waals surface area contributed by atoms with Gasteiger partial charge >= 0.3 is 0 Å². The number of hydrogen-bond acceptors (Lipinski definition) is 5. The van der Waals surface area contributed by atoms with E-state index in [-0.39, 0.29) is 29.9 Å². The first kappa shape index (κ1) is 14.5. The van der Waals surface area contributed by atoms with Gasteiger partial charge in [-0.2, -0.15) is 0 Å². The van der Waals surface area contributed by atoms with Gasteiger partial charge in [-0.25, -0.2) is 8.42 Å². The fraction of sp³-hybridized carbons (Fsp3) is 0.533. The van der Waals surface area contributed by atoms with E-state index in [1.54, 1.807) is 6.07 Å². The van der Waals surface area contributed by atoms with Crippen LogP contribution in [0.3, 0.4) is 0 Å². The molecule has 114 valence electrons. The van der Waals surface area contributed by atoms with Crippen LogP contribution in [0.2, 0.25) is 0 Å². The minimum atomic E-state index is -2.94. The maximum atomic E-state index is 12.4. The van der Waals surface area contributed by atoms with Crippen molar-refractivity contribution in [2.24, 2.45) is 0 Å². The second kappa shape index (κ2) is 5.42. The fourth-order valence-corrected chi connectivity index (χ4v) is 4.53. The van der Waals surface area contributed by atoms with Crippen LogP contribution in [0.25, 0.3) is 0 Å². The van der Waals surface area contributed by atoms with Gasteiger partial charge < -0.3 is 4.74 Å². The molecule has 21 heavy (non-hydrogen) atoms. The van der Waals surface area contributed by atoms with E-state index < -0.39 is 9.84 Å². The molecule has 5 nitrogen and oxygen atoms in total. The quantitative estimate of drug-likeness (QED) is 0.777. The number of nitrogens with zero attached hydrogens (tertiary/aromatic N) is 1. The standard InChI is InChI=1S/C15H19NO4S/c1-11-10-21(18,19)7-5-16(11)9-14(17)12-2-3-15-13(8-12)4-6-20-15/h2-3,8,11H,4-7,9-10H2,1H3. The average molecular weight is 309 g/mol. The zero-order chi connectivity index (χ0) is 15.0. The van der Waals surface area contributed by atoms with Crippen LogP contribution in [-0.4, -0.2) is 56.3 Å². The van der Waals surface area contributed by atoms with Crippen LogP contribution in [0.1, 0.15) is 22.8 Å². The maximum absolute atomic E-state index is 12.4. The zero-order valence-corrected chi connectivity index (χ0v) is 12.9. The van der Waals surface area contributed by atoms with E-state index in [2.05, 4.69) is 0 Å². The van der Waals surface area contributed by atoms with Crippen LogP contribution in [0, 0.1) is 0 Å². The second-order valence-corrected chi connectivity index (χ2v) is 8.01. The third kappa shape index (κ3) is 3.11. The molecule has 1 aromatic carbocycles. The Bertz CT molecular complexity index is 668. The molecule has 0 spiro atoms. The number of fused-ring (bicyclic) bond motifs is 1. The molecule has 1 aromatic rings. The topological polar surface area (TPSA) is 63.7 Å². The molecule has 1 atom stereocenters. The Kier molecular flexibility index (Phi) is 3.75. The van der Waals surface area contributed by atoms with E-state index in [4.69, 9.17) is 4.74 Å². The Balaban J connectivity index is 1.69. The molecular formula is C15H19NO4S. The highest BCUT2D eigenvalue weighted by Gasteiger charge is 2.29. The molecule has 1 fully saturated rings. The number of carbonyl (C=O) groups is 1. The Morgan fingerprint density at radius 2 is 2.24 bits per heavy atom. The van der Waals surface area contributed by atoms with Crippen LogP contribution in [-0.2, 0) is 16.3 Å². The Labute approximate surface area is 124 Å². The fourth-order valence-electron chi connectivity index (χ4n) is 2.90. The summed E-state index contributed by atoms with van der Waals surface area (Å²) in [6.07, 6.45) is 0.842. The van der Waals surface area contributed by atoms with E-state index in [0.717, 1.165) is 17.7 Å². The van der Waals surface area contributed by atoms with Crippen LogP contribution < -0.4 is 4.74 Å². The zero-order valence-electron chi connectivity index (χ0n) is 12.0. The van der Waals surface area contributed by atoms with E-state index in [0.29, 0.717) is 18.7 Å². The molecule has 2 heterocycles. The lowest BCUT2D eigenvalue weighted by Gasteiger charge is -2.32. The summed E-state index contributed by atoms with van der Waals surface area (Å²) in [7, 11) is -2.94. The molecule has 0 aliphatic carbocycles. The lowest BCUT2D eigenvalue weighted by atomic mass is 10.0. The van der Waals surface area contributed by atoms with Gasteiger partial charge in [0.05, 0.1) is 24.7 Å². The van der Waals surface area contributed by atoms with Crippen LogP contribution in [0.4, 0.5) is 0 Å². The minimum Gasteiger partial charge on any atom is -0.493 e. The maximum Gasteiger partial charge on any atom is 0.176 e. The van der Waals surface area contributed by atoms with E-state index >= 15 is 0 Å². The molecule has 2 aliphatic rings. The second-order valence-electron chi connectivity index (χ2n) is 5.78. The molecule has 0 aromatic heterocycles. The van der Waals surface area contributed by atoms with E-state index in [9.17, 15) is 13.2 Å². The first-order valence-electron chi connectivity index (χ1n) is 7.18. The van der Waals surface area contributed by atoms with Gasteiger partial charge in [-0.3, -0.25) is 9.69 Å². The summed E-state index contributed by atoms with van der Waals surface area (Å²) in [5.74, 6) is 1.18. The number of ether oxygens (including phenoxy) is 1. The average Bonchev–Trinajstić information content (AvgIpc) is 2.88. The Hall–Kier alpha value is -1.40. The summed E-state index contributed by atoms with van der Waals surface area (Å²) in [6.45, 7) is 3.24. The first-order chi connectivity index (χ1) is 9.94. The molecule has 3 rings (SSSR count). The van der Waals surface area contributed by atoms with E-state index in [1.807, 2.05) is 24.0 Å². The van der Waals surface area contributed by atoms with Crippen molar-refractivity contribution in [3.63, 3.8) is 0 Å². The molecule has 2 aliphatic heterocycles. The summed E-state index contributed by atoms with van der Waals surface area (Å²) >= 11 is 0. The monoisotopic (exact) mass is 309 g/mol. The van der Waals surface area contributed by atoms with Crippen molar-refractivity contribution in [2.75, 3.05) is 31.2 Å². The molecule has 0 radical (unpaired) electrons. The highest BCUT2D eigenvalue weighted by Crippen LogP contribution is 2.26. The third-order valence-electron chi connectivity index (χ3n) is 4.17. The molecule has 0 N–H and O–H groups in total. The van der Waals surface area contributed by atoms with Gasteiger partial charge in [0, 0.05) is 24.6 Å². The molecule has 0 saturated carbocycles. The molecular weight excluding hydrogens is 290 g/mol. The predicted molar refractivity (Wildman–Crippen MR) is 79.7 cm³/mol. The predicted octanol–water partition coefficient (Wildman–Crippen LogP) is 0.923. The smallest absolute Gasteiger partial charge is 0.176 e. The number of Topliss-reactive ketones (excluding diaryl/α,β-unsaturated/α-hetero) is 1. The van der Waals surface area contributed by atoms with Crippen LogP contribution >= 0.6 is 0 Å². The summed E-state index contributed by atoms with van der Waals surface area (Å²) < 4.78 is 28.6. The summed E-state index contributed by atoms with van der Waals surface area (Å²) in [5, 5.41) is 0. The van der Waals surface area contributed by atoms with Crippen molar-refractivity contribution in [1.82, 2.24) is 4.90 Å².